The largest absolute Gasteiger partial charge is 0.440 e. The quantitative estimate of drug-likeness (QED) is 0.586. The van der Waals surface area contributed by atoms with E-state index in [1.165, 1.54) is 6.39 Å². The van der Waals surface area contributed by atoms with Crippen molar-refractivity contribution in [1.82, 2.24) is 19.7 Å². The molecule has 0 bridgehead atoms. The molecule has 5 nitrogen and oxygen atoms in total. The number of aromatic nitrogens is 4. The molecule has 0 aromatic carbocycles. The maximum absolute atomic E-state index is 5.32. The Kier molecular flexibility index (Phi) is 3.37. The zero-order valence-electron chi connectivity index (χ0n) is 10.2. The molecule has 5 heteroatoms. The average Bonchev–Trinajstić information content (AvgIpc) is 2.87. The van der Waals surface area contributed by atoms with Crippen LogP contribution in [0.5, 0.6) is 0 Å². The van der Waals surface area contributed by atoms with E-state index in [0.29, 0.717) is 5.76 Å². The van der Waals surface area contributed by atoms with Crippen LogP contribution >= 0.6 is 0 Å². The molecule has 0 unspecified atom stereocenters. The Morgan fingerprint density at radius 2 is 2.29 bits per heavy atom. The standard InChI is InChI=1S/C12H16N4O/c1-4-5-6-7-10-14-15-12(16(10)3)11-9(2)13-8-17-11/h4,8H,1,5-7H2,2-3H3. The van der Waals surface area contributed by atoms with Crippen molar-refractivity contribution < 1.29 is 4.42 Å². The normalized spacial score (nSPS) is 10.7. The molecule has 0 saturated carbocycles. The molecule has 2 heterocycles. The summed E-state index contributed by atoms with van der Waals surface area (Å²) in [6.07, 6.45) is 6.26. The first-order valence-corrected chi connectivity index (χ1v) is 5.63. The number of unbranched alkanes of at least 4 members (excludes halogenated alkanes) is 1. The highest BCUT2D eigenvalue weighted by atomic mass is 16.3. The summed E-state index contributed by atoms with van der Waals surface area (Å²) in [6.45, 7) is 5.60. The smallest absolute Gasteiger partial charge is 0.201 e. The molecule has 0 aliphatic carbocycles. The van der Waals surface area contributed by atoms with E-state index in [-0.39, 0.29) is 0 Å². The SMILES string of the molecule is C=CCCCc1nnc(-c2ocnc2C)n1C. The number of oxazole rings is 1. The van der Waals surface area contributed by atoms with Gasteiger partial charge in [-0.3, -0.25) is 0 Å². The number of aryl methyl sites for hydroxylation is 2. The lowest BCUT2D eigenvalue weighted by molar-refractivity contribution is 0.562. The van der Waals surface area contributed by atoms with E-state index in [2.05, 4.69) is 21.8 Å². The lowest BCUT2D eigenvalue weighted by Gasteiger charge is -2.01. The Labute approximate surface area is 100 Å². The fourth-order valence-electron chi connectivity index (χ4n) is 1.70. The average molecular weight is 232 g/mol. The third-order valence-electron chi connectivity index (χ3n) is 2.72. The van der Waals surface area contributed by atoms with Gasteiger partial charge in [0.1, 0.15) is 5.82 Å². The molecular formula is C12H16N4O. The van der Waals surface area contributed by atoms with Crippen LogP contribution in [0.25, 0.3) is 11.6 Å². The summed E-state index contributed by atoms with van der Waals surface area (Å²) in [5, 5.41) is 8.33. The van der Waals surface area contributed by atoms with Crippen molar-refractivity contribution in [3.8, 4) is 11.6 Å². The number of nitrogens with zero attached hydrogens (tertiary/aromatic N) is 4. The van der Waals surface area contributed by atoms with Crippen molar-refractivity contribution >= 4 is 0 Å². The summed E-state index contributed by atoms with van der Waals surface area (Å²) in [7, 11) is 1.94. The summed E-state index contributed by atoms with van der Waals surface area (Å²) >= 11 is 0. The predicted octanol–water partition coefficient (Wildman–Crippen LogP) is 2.29. The van der Waals surface area contributed by atoms with Crippen LogP contribution in [0.3, 0.4) is 0 Å². The summed E-state index contributed by atoms with van der Waals surface area (Å²) in [4.78, 5) is 4.06. The van der Waals surface area contributed by atoms with Gasteiger partial charge in [0.15, 0.2) is 12.2 Å². The van der Waals surface area contributed by atoms with E-state index in [4.69, 9.17) is 4.42 Å². The summed E-state index contributed by atoms with van der Waals surface area (Å²) in [5.41, 5.74) is 0.832. The summed E-state index contributed by atoms with van der Waals surface area (Å²) in [6, 6.07) is 0. The van der Waals surface area contributed by atoms with Gasteiger partial charge in [0.05, 0.1) is 5.69 Å². The molecule has 0 atom stereocenters. The molecule has 0 fully saturated rings. The van der Waals surface area contributed by atoms with Crippen LogP contribution in [-0.2, 0) is 13.5 Å². The molecule has 2 rings (SSSR count). The van der Waals surface area contributed by atoms with Crippen molar-refractivity contribution in [3.63, 3.8) is 0 Å². The second-order valence-electron chi connectivity index (χ2n) is 3.95. The van der Waals surface area contributed by atoms with Gasteiger partial charge in [-0.1, -0.05) is 6.08 Å². The molecule has 0 saturated heterocycles. The third kappa shape index (κ3) is 2.27. The lowest BCUT2D eigenvalue weighted by atomic mass is 10.2. The van der Waals surface area contributed by atoms with Gasteiger partial charge in [-0.2, -0.15) is 0 Å². The van der Waals surface area contributed by atoms with Crippen molar-refractivity contribution in [2.75, 3.05) is 0 Å². The zero-order valence-corrected chi connectivity index (χ0v) is 10.2. The second kappa shape index (κ2) is 4.95. The van der Waals surface area contributed by atoms with Crippen LogP contribution in [0.2, 0.25) is 0 Å². The van der Waals surface area contributed by atoms with Gasteiger partial charge in [-0.15, -0.1) is 16.8 Å². The Bertz CT molecular complexity index is 512. The van der Waals surface area contributed by atoms with Crippen molar-refractivity contribution in [1.29, 1.82) is 0 Å². The van der Waals surface area contributed by atoms with E-state index >= 15 is 0 Å². The van der Waals surface area contributed by atoms with Gasteiger partial charge in [-0.25, -0.2) is 4.98 Å². The predicted molar refractivity (Wildman–Crippen MR) is 64.4 cm³/mol. The second-order valence-corrected chi connectivity index (χ2v) is 3.95. The molecule has 2 aromatic heterocycles. The number of allylic oxidation sites excluding steroid dienone is 1. The Morgan fingerprint density at radius 1 is 1.47 bits per heavy atom. The fourth-order valence-corrected chi connectivity index (χ4v) is 1.70. The monoisotopic (exact) mass is 232 g/mol. The number of hydrogen-bond donors (Lipinski definition) is 0. The van der Waals surface area contributed by atoms with Gasteiger partial charge >= 0.3 is 0 Å². The summed E-state index contributed by atoms with van der Waals surface area (Å²) in [5.74, 6) is 2.38. The first-order valence-electron chi connectivity index (χ1n) is 5.63. The minimum Gasteiger partial charge on any atom is -0.440 e. The van der Waals surface area contributed by atoms with Gasteiger partial charge in [0.25, 0.3) is 0 Å². The van der Waals surface area contributed by atoms with Crippen LogP contribution in [0, 0.1) is 6.92 Å². The van der Waals surface area contributed by atoms with Gasteiger partial charge in [-0.05, 0) is 19.8 Å². The molecule has 17 heavy (non-hydrogen) atoms. The third-order valence-corrected chi connectivity index (χ3v) is 2.72. The summed E-state index contributed by atoms with van der Waals surface area (Å²) < 4.78 is 7.27. The van der Waals surface area contributed by atoms with Gasteiger partial charge in [0, 0.05) is 13.5 Å². The number of rotatable bonds is 5. The molecule has 0 N–H and O–H groups in total. The minimum atomic E-state index is 0.690. The highest BCUT2D eigenvalue weighted by molar-refractivity contribution is 5.49. The topological polar surface area (TPSA) is 56.7 Å². The fraction of sp³-hybridized carbons (Fsp3) is 0.417. The highest BCUT2D eigenvalue weighted by Crippen LogP contribution is 2.20. The maximum atomic E-state index is 5.32. The molecule has 90 valence electrons. The van der Waals surface area contributed by atoms with Crippen LogP contribution < -0.4 is 0 Å². The first-order chi connectivity index (χ1) is 8.24. The van der Waals surface area contributed by atoms with E-state index in [9.17, 15) is 0 Å². The van der Waals surface area contributed by atoms with Crippen LogP contribution in [0.4, 0.5) is 0 Å². The van der Waals surface area contributed by atoms with Gasteiger partial charge in [0.2, 0.25) is 5.82 Å². The maximum Gasteiger partial charge on any atom is 0.201 e. The van der Waals surface area contributed by atoms with E-state index < -0.39 is 0 Å². The molecule has 0 aliphatic heterocycles. The molecule has 0 aliphatic rings. The number of hydrogen-bond acceptors (Lipinski definition) is 4. The minimum absolute atomic E-state index is 0.690. The van der Waals surface area contributed by atoms with E-state index in [1.54, 1.807) is 0 Å². The van der Waals surface area contributed by atoms with Crippen molar-refractivity contribution in [2.24, 2.45) is 7.05 Å². The van der Waals surface area contributed by atoms with Crippen LogP contribution in [0.15, 0.2) is 23.5 Å². The molecule has 0 spiro atoms. The Hall–Kier alpha value is -1.91. The Balaban J connectivity index is 2.21. The molecule has 0 radical (unpaired) electrons. The van der Waals surface area contributed by atoms with E-state index in [0.717, 1.165) is 36.6 Å². The van der Waals surface area contributed by atoms with Crippen molar-refractivity contribution in [3.05, 3.63) is 30.6 Å². The molecule has 2 aromatic rings. The van der Waals surface area contributed by atoms with E-state index in [1.807, 2.05) is 24.6 Å². The van der Waals surface area contributed by atoms with Crippen molar-refractivity contribution in [2.45, 2.75) is 26.2 Å². The zero-order chi connectivity index (χ0) is 12.3. The molecule has 0 amide bonds. The Morgan fingerprint density at radius 3 is 2.94 bits per heavy atom. The van der Waals surface area contributed by atoms with Crippen LogP contribution in [-0.4, -0.2) is 19.7 Å². The van der Waals surface area contributed by atoms with Crippen LogP contribution in [0.1, 0.15) is 24.4 Å². The lowest BCUT2D eigenvalue weighted by Crippen LogP contribution is -2.00. The highest BCUT2D eigenvalue weighted by Gasteiger charge is 2.15. The first kappa shape index (κ1) is 11.6. The van der Waals surface area contributed by atoms with Gasteiger partial charge < -0.3 is 8.98 Å². The molecular weight excluding hydrogens is 216 g/mol.